The first-order valence-electron chi connectivity index (χ1n) is 6.84. The third kappa shape index (κ3) is 4.01. The number of ether oxygens (including phenoxy) is 1. The second-order valence-corrected chi connectivity index (χ2v) is 5.87. The summed E-state index contributed by atoms with van der Waals surface area (Å²) in [6.45, 7) is 2.04. The van der Waals surface area contributed by atoms with Crippen molar-refractivity contribution in [1.82, 2.24) is 0 Å². The lowest BCUT2D eigenvalue weighted by Crippen LogP contribution is -2.07. The van der Waals surface area contributed by atoms with Crippen LogP contribution in [0.1, 0.15) is 24.0 Å². The van der Waals surface area contributed by atoms with E-state index in [-0.39, 0.29) is 5.97 Å². The van der Waals surface area contributed by atoms with Gasteiger partial charge in [-0.2, -0.15) is 0 Å². The van der Waals surface area contributed by atoms with Crippen LogP contribution in [0.4, 0.5) is 0 Å². The van der Waals surface area contributed by atoms with Gasteiger partial charge < -0.3 is 4.74 Å². The zero-order valence-corrected chi connectivity index (χ0v) is 12.8. The van der Waals surface area contributed by atoms with Gasteiger partial charge in [0.2, 0.25) is 0 Å². The monoisotopic (exact) mass is 288 g/mol. The second-order valence-electron chi connectivity index (χ2n) is 4.85. The molecule has 2 rings (SSSR count). The highest BCUT2D eigenvalue weighted by molar-refractivity contribution is 7.99. The van der Waals surface area contributed by atoms with Crippen LogP contribution >= 0.6 is 11.8 Å². The fourth-order valence-electron chi connectivity index (χ4n) is 2.19. The van der Waals surface area contributed by atoms with Crippen LogP contribution in [0.2, 0.25) is 0 Å². The smallest absolute Gasteiger partial charge is 0.310 e. The Morgan fingerprint density at radius 1 is 1.35 bits per heavy atom. The number of allylic oxidation sites excluding steroid dienone is 3. The molecule has 106 valence electrons. The number of methoxy groups -OCH3 is 1. The lowest BCUT2D eigenvalue weighted by molar-refractivity contribution is -0.139. The molecule has 0 radical (unpaired) electrons. The summed E-state index contributed by atoms with van der Waals surface area (Å²) in [7, 11) is 1.44. The standard InChI is InChI=1S/C17H20O2S/c1-13-7-6-10-16(15(13)11-17(18)19-2)20-12-14-8-4-3-5-9-14/h4,6-10H,3,5,11-12H2,1-2H3. The number of hydrogen-bond donors (Lipinski definition) is 0. The van der Waals surface area contributed by atoms with E-state index in [1.54, 1.807) is 11.8 Å². The Kier molecular flexibility index (Phi) is 5.48. The van der Waals surface area contributed by atoms with E-state index in [0.717, 1.165) is 29.7 Å². The molecule has 0 atom stereocenters. The minimum Gasteiger partial charge on any atom is -0.469 e. The van der Waals surface area contributed by atoms with Crippen molar-refractivity contribution in [3.63, 3.8) is 0 Å². The fraction of sp³-hybridized carbons (Fsp3) is 0.353. The summed E-state index contributed by atoms with van der Waals surface area (Å²) in [6.07, 6.45) is 9.35. The van der Waals surface area contributed by atoms with Crippen LogP contribution in [0.25, 0.3) is 0 Å². The van der Waals surface area contributed by atoms with Crippen molar-refractivity contribution in [2.45, 2.75) is 31.1 Å². The van der Waals surface area contributed by atoms with Crippen molar-refractivity contribution in [3.8, 4) is 0 Å². The van der Waals surface area contributed by atoms with E-state index in [9.17, 15) is 4.79 Å². The minimum absolute atomic E-state index is 0.182. The Morgan fingerprint density at radius 3 is 2.90 bits per heavy atom. The largest absolute Gasteiger partial charge is 0.469 e. The van der Waals surface area contributed by atoms with Crippen LogP contribution in [0, 0.1) is 6.92 Å². The highest BCUT2D eigenvalue weighted by Crippen LogP contribution is 2.28. The first kappa shape index (κ1) is 14.9. The number of hydrogen-bond acceptors (Lipinski definition) is 3. The van der Waals surface area contributed by atoms with E-state index in [0.29, 0.717) is 6.42 Å². The molecule has 0 saturated heterocycles. The first-order valence-corrected chi connectivity index (χ1v) is 7.83. The maximum Gasteiger partial charge on any atom is 0.310 e. The SMILES string of the molecule is COC(=O)Cc1c(C)cccc1SCC1=CCCC=C1. The van der Waals surface area contributed by atoms with E-state index < -0.39 is 0 Å². The number of benzene rings is 1. The van der Waals surface area contributed by atoms with Crippen molar-refractivity contribution in [2.24, 2.45) is 0 Å². The van der Waals surface area contributed by atoms with Crippen molar-refractivity contribution in [2.75, 3.05) is 12.9 Å². The Hall–Kier alpha value is -1.48. The van der Waals surface area contributed by atoms with E-state index in [1.165, 1.54) is 17.6 Å². The molecule has 1 aromatic rings. The highest BCUT2D eigenvalue weighted by atomic mass is 32.2. The van der Waals surface area contributed by atoms with Gasteiger partial charge in [-0.05, 0) is 42.5 Å². The van der Waals surface area contributed by atoms with Gasteiger partial charge in [-0.25, -0.2) is 0 Å². The predicted octanol–water partition coefficient (Wildman–Crippen LogP) is 4.08. The van der Waals surface area contributed by atoms with Crippen LogP contribution < -0.4 is 0 Å². The van der Waals surface area contributed by atoms with Crippen LogP contribution in [-0.4, -0.2) is 18.8 Å². The summed E-state index contributed by atoms with van der Waals surface area (Å²) >= 11 is 1.79. The maximum absolute atomic E-state index is 11.5. The van der Waals surface area contributed by atoms with Crippen LogP contribution in [0.15, 0.2) is 46.9 Å². The average Bonchev–Trinajstić information content (AvgIpc) is 2.48. The summed E-state index contributed by atoms with van der Waals surface area (Å²) in [6, 6.07) is 6.18. The molecule has 0 N–H and O–H groups in total. The van der Waals surface area contributed by atoms with Gasteiger partial charge in [0, 0.05) is 10.6 Å². The second kappa shape index (κ2) is 7.34. The Labute approximate surface area is 124 Å². The molecular weight excluding hydrogens is 268 g/mol. The van der Waals surface area contributed by atoms with Crippen LogP contribution in [-0.2, 0) is 16.0 Å². The molecule has 0 fully saturated rings. The molecule has 1 aliphatic carbocycles. The van der Waals surface area contributed by atoms with E-state index in [2.05, 4.69) is 24.3 Å². The molecule has 20 heavy (non-hydrogen) atoms. The van der Waals surface area contributed by atoms with Gasteiger partial charge in [-0.3, -0.25) is 4.79 Å². The number of carbonyl (C=O) groups excluding carboxylic acids is 1. The third-order valence-electron chi connectivity index (χ3n) is 3.38. The molecule has 0 saturated carbocycles. The molecule has 0 heterocycles. The topological polar surface area (TPSA) is 26.3 Å². The molecule has 0 unspecified atom stereocenters. The van der Waals surface area contributed by atoms with Crippen molar-refractivity contribution >= 4 is 17.7 Å². The molecular formula is C17H20O2S. The van der Waals surface area contributed by atoms with Crippen molar-refractivity contribution in [1.29, 1.82) is 0 Å². The highest BCUT2D eigenvalue weighted by Gasteiger charge is 2.11. The van der Waals surface area contributed by atoms with Gasteiger partial charge >= 0.3 is 5.97 Å². The summed E-state index contributed by atoms with van der Waals surface area (Å²) < 4.78 is 4.79. The van der Waals surface area contributed by atoms with Crippen LogP contribution in [0.5, 0.6) is 0 Å². The molecule has 0 bridgehead atoms. The quantitative estimate of drug-likeness (QED) is 0.603. The number of esters is 1. The first-order chi connectivity index (χ1) is 9.70. The van der Waals surface area contributed by atoms with Gasteiger partial charge in [-0.15, -0.1) is 11.8 Å². The normalized spacial score (nSPS) is 14.0. The molecule has 0 aliphatic heterocycles. The molecule has 1 aromatic carbocycles. The van der Waals surface area contributed by atoms with E-state index >= 15 is 0 Å². The third-order valence-corrected chi connectivity index (χ3v) is 4.55. The Morgan fingerprint density at radius 2 is 2.20 bits per heavy atom. The number of thioether (sulfide) groups is 1. The number of aryl methyl sites for hydroxylation is 1. The molecule has 1 aliphatic rings. The Bertz CT molecular complexity index is 544. The van der Waals surface area contributed by atoms with Crippen molar-refractivity contribution < 1.29 is 9.53 Å². The average molecular weight is 288 g/mol. The minimum atomic E-state index is -0.182. The summed E-state index contributed by atoms with van der Waals surface area (Å²) in [5.41, 5.74) is 3.60. The fourth-order valence-corrected chi connectivity index (χ4v) is 3.31. The summed E-state index contributed by atoms with van der Waals surface area (Å²) in [4.78, 5) is 12.7. The van der Waals surface area contributed by atoms with Crippen molar-refractivity contribution in [3.05, 3.63) is 53.1 Å². The lowest BCUT2D eigenvalue weighted by atomic mass is 10.1. The molecule has 0 spiro atoms. The van der Waals surface area contributed by atoms with Gasteiger partial charge in [0.15, 0.2) is 0 Å². The summed E-state index contributed by atoms with van der Waals surface area (Å²) in [5.74, 6) is 0.770. The number of carbonyl (C=O) groups is 1. The molecule has 0 amide bonds. The van der Waals surface area contributed by atoms with Gasteiger partial charge in [0.25, 0.3) is 0 Å². The predicted molar refractivity (Wildman–Crippen MR) is 84.1 cm³/mol. The zero-order valence-electron chi connectivity index (χ0n) is 12.0. The van der Waals surface area contributed by atoms with E-state index in [1.807, 2.05) is 19.1 Å². The zero-order chi connectivity index (χ0) is 14.4. The van der Waals surface area contributed by atoms with E-state index in [4.69, 9.17) is 4.74 Å². The van der Waals surface area contributed by atoms with Gasteiger partial charge in [0.05, 0.1) is 13.5 Å². The lowest BCUT2D eigenvalue weighted by Gasteiger charge is -2.12. The van der Waals surface area contributed by atoms with Crippen LogP contribution in [0.3, 0.4) is 0 Å². The maximum atomic E-state index is 11.5. The summed E-state index contributed by atoms with van der Waals surface area (Å²) in [5, 5.41) is 0. The van der Waals surface area contributed by atoms with Gasteiger partial charge in [-0.1, -0.05) is 30.4 Å². The Balaban J connectivity index is 2.10. The molecule has 3 heteroatoms. The van der Waals surface area contributed by atoms with Gasteiger partial charge in [0.1, 0.15) is 0 Å². The molecule has 2 nitrogen and oxygen atoms in total. The number of rotatable bonds is 5. The molecule has 0 aromatic heterocycles.